The maximum Gasteiger partial charge on any atom is 0.227 e. The number of ether oxygens (including phenoxy) is 1. The first-order valence-corrected chi connectivity index (χ1v) is 8.79. The van der Waals surface area contributed by atoms with Crippen LogP contribution < -0.4 is 10.1 Å². The summed E-state index contributed by atoms with van der Waals surface area (Å²) in [7, 11) is 0. The number of hydrogen-bond donors (Lipinski definition) is 1. The normalized spacial score (nSPS) is 10.4. The molecule has 1 aromatic heterocycles. The molecule has 0 spiro atoms. The number of rotatable bonds is 6. The lowest BCUT2D eigenvalue weighted by Crippen LogP contribution is -1.98. The highest BCUT2D eigenvalue weighted by atomic mass is 16.5. The lowest BCUT2D eigenvalue weighted by Gasteiger charge is -2.08. The molecule has 1 heterocycles. The largest absolute Gasteiger partial charge is 0.489 e. The highest BCUT2D eigenvalue weighted by molar-refractivity contribution is 5.62. The number of nitrogens with zero attached hydrogens (tertiary/aromatic N) is 2. The highest BCUT2D eigenvalue weighted by Crippen LogP contribution is 2.22. The maximum absolute atomic E-state index is 5.84. The molecule has 0 saturated heterocycles. The molecule has 0 atom stereocenters. The van der Waals surface area contributed by atoms with E-state index in [-0.39, 0.29) is 0 Å². The van der Waals surface area contributed by atoms with Crippen LogP contribution in [0, 0.1) is 0 Å². The van der Waals surface area contributed by atoms with Gasteiger partial charge in [0.2, 0.25) is 5.95 Å². The Hall–Kier alpha value is -3.66. The number of benzene rings is 3. The first kappa shape index (κ1) is 16.8. The standard InChI is InChI=1S/C23H19N3O/c1-3-7-18(8-4-1)17-27-21-13-11-19(12-14-21)22-15-16-24-23(26-22)25-20-9-5-2-6-10-20/h1-16H,17H2,(H,24,25,26). The lowest BCUT2D eigenvalue weighted by molar-refractivity contribution is 0.306. The number of para-hydroxylation sites is 1. The molecule has 0 aliphatic rings. The Morgan fingerprint density at radius 2 is 1.44 bits per heavy atom. The van der Waals surface area contributed by atoms with Gasteiger partial charge in [-0.05, 0) is 48.0 Å². The van der Waals surface area contributed by atoms with E-state index in [0.717, 1.165) is 28.3 Å². The van der Waals surface area contributed by atoms with Crippen molar-refractivity contribution in [2.24, 2.45) is 0 Å². The SMILES string of the molecule is c1ccc(COc2ccc(-c3ccnc(Nc4ccccc4)n3)cc2)cc1. The van der Waals surface area contributed by atoms with E-state index in [2.05, 4.69) is 27.4 Å². The van der Waals surface area contributed by atoms with Crippen molar-refractivity contribution in [1.82, 2.24) is 9.97 Å². The zero-order chi connectivity index (χ0) is 18.3. The minimum atomic E-state index is 0.554. The van der Waals surface area contributed by atoms with Crippen molar-refractivity contribution in [3.05, 3.63) is 103 Å². The molecule has 1 N–H and O–H groups in total. The third-order valence-electron chi connectivity index (χ3n) is 4.08. The Kier molecular flexibility index (Phi) is 5.07. The van der Waals surface area contributed by atoms with Gasteiger partial charge in [-0.15, -0.1) is 0 Å². The average Bonchev–Trinajstić information content (AvgIpc) is 2.74. The second-order valence-corrected chi connectivity index (χ2v) is 6.06. The van der Waals surface area contributed by atoms with Gasteiger partial charge in [0.1, 0.15) is 12.4 Å². The van der Waals surface area contributed by atoms with Crippen molar-refractivity contribution < 1.29 is 4.74 Å². The van der Waals surface area contributed by atoms with E-state index in [1.807, 2.05) is 78.9 Å². The third-order valence-corrected chi connectivity index (χ3v) is 4.08. The van der Waals surface area contributed by atoms with Crippen LogP contribution in [0.5, 0.6) is 5.75 Å². The Morgan fingerprint density at radius 3 is 2.19 bits per heavy atom. The summed E-state index contributed by atoms with van der Waals surface area (Å²) in [4.78, 5) is 8.89. The van der Waals surface area contributed by atoms with Crippen LogP contribution in [0.25, 0.3) is 11.3 Å². The van der Waals surface area contributed by atoms with Crippen molar-refractivity contribution in [1.29, 1.82) is 0 Å². The molecule has 0 aliphatic heterocycles. The van der Waals surface area contributed by atoms with Gasteiger partial charge in [-0.25, -0.2) is 9.97 Å². The van der Waals surface area contributed by atoms with Gasteiger partial charge in [0.25, 0.3) is 0 Å². The number of anilines is 2. The quantitative estimate of drug-likeness (QED) is 0.499. The summed E-state index contributed by atoms with van der Waals surface area (Å²) in [6.45, 7) is 0.554. The summed E-state index contributed by atoms with van der Waals surface area (Å²) in [5.41, 5.74) is 3.98. The Morgan fingerprint density at radius 1 is 0.741 bits per heavy atom. The van der Waals surface area contributed by atoms with Gasteiger partial charge in [-0.2, -0.15) is 0 Å². The molecule has 4 rings (SSSR count). The second-order valence-electron chi connectivity index (χ2n) is 6.06. The zero-order valence-electron chi connectivity index (χ0n) is 14.7. The lowest BCUT2D eigenvalue weighted by atomic mass is 10.1. The van der Waals surface area contributed by atoms with Crippen LogP contribution in [0.2, 0.25) is 0 Å². The van der Waals surface area contributed by atoms with Crippen LogP contribution in [0.3, 0.4) is 0 Å². The van der Waals surface area contributed by atoms with Crippen molar-refractivity contribution in [2.45, 2.75) is 6.61 Å². The molecule has 0 radical (unpaired) electrons. The summed E-state index contributed by atoms with van der Waals surface area (Å²) < 4.78 is 5.84. The number of hydrogen-bond acceptors (Lipinski definition) is 4. The molecule has 0 amide bonds. The van der Waals surface area contributed by atoms with Crippen LogP contribution in [0.15, 0.2) is 97.2 Å². The molecule has 0 saturated carbocycles. The molecule has 0 bridgehead atoms. The topological polar surface area (TPSA) is 47.0 Å². The molecule has 0 aliphatic carbocycles. The van der Waals surface area contributed by atoms with E-state index in [1.54, 1.807) is 6.20 Å². The predicted octanol–water partition coefficient (Wildman–Crippen LogP) is 5.47. The van der Waals surface area contributed by atoms with Crippen molar-refractivity contribution in [3.63, 3.8) is 0 Å². The van der Waals surface area contributed by atoms with Crippen LogP contribution in [0.1, 0.15) is 5.56 Å². The van der Waals surface area contributed by atoms with E-state index < -0.39 is 0 Å². The molecular formula is C23H19N3O. The number of aromatic nitrogens is 2. The Labute approximate surface area is 158 Å². The minimum absolute atomic E-state index is 0.554. The van der Waals surface area contributed by atoms with Gasteiger partial charge in [0.05, 0.1) is 5.69 Å². The van der Waals surface area contributed by atoms with E-state index in [0.29, 0.717) is 12.6 Å². The van der Waals surface area contributed by atoms with Gasteiger partial charge in [0.15, 0.2) is 0 Å². The zero-order valence-corrected chi connectivity index (χ0v) is 14.7. The van der Waals surface area contributed by atoms with Crippen LogP contribution in [0.4, 0.5) is 11.6 Å². The first-order chi connectivity index (χ1) is 13.4. The van der Waals surface area contributed by atoms with Crippen molar-refractivity contribution >= 4 is 11.6 Å². The molecule has 4 heteroatoms. The summed E-state index contributed by atoms with van der Waals surface area (Å²) in [6.07, 6.45) is 1.76. The molecule has 4 aromatic rings. The first-order valence-electron chi connectivity index (χ1n) is 8.79. The molecule has 0 unspecified atom stereocenters. The van der Waals surface area contributed by atoms with E-state index in [4.69, 9.17) is 4.74 Å². The van der Waals surface area contributed by atoms with Crippen molar-refractivity contribution in [2.75, 3.05) is 5.32 Å². The van der Waals surface area contributed by atoms with Gasteiger partial charge < -0.3 is 10.1 Å². The molecule has 4 nitrogen and oxygen atoms in total. The van der Waals surface area contributed by atoms with Crippen molar-refractivity contribution in [3.8, 4) is 17.0 Å². The third kappa shape index (κ3) is 4.50. The number of nitrogens with one attached hydrogen (secondary N) is 1. The summed E-state index contributed by atoms with van der Waals surface area (Å²) in [5, 5.41) is 3.22. The van der Waals surface area contributed by atoms with Gasteiger partial charge in [0, 0.05) is 17.4 Å². The van der Waals surface area contributed by atoms with Crippen LogP contribution in [-0.4, -0.2) is 9.97 Å². The fraction of sp³-hybridized carbons (Fsp3) is 0.0435. The molecule has 27 heavy (non-hydrogen) atoms. The molecule has 3 aromatic carbocycles. The average molecular weight is 353 g/mol. The Bertz CT molecular complexity index is 987. The smallest absolute Gasteiger partial charge is 0.227 e. The fourth-order valence-electron chi connectivity index (χ4n) is 2.69. The molecule has 132 valence electrons. The van der Waals surface area contributed by atoms with Gasteiger partial charge in [-0.3, -0.25) is 0 Å². The van der Waals surface area contributed by atoms with Gasteiger partial charge in [-0.1, -0.05) is 48.5 Å². The predicted molar refractivity (Wildman–Crippen MR) is 108 cm³/mol. The van der Waals surface area contributed by atoms with E-state index in [9.17, 15) is 0 Å². The fourth-order valence-corrected chi connectivity index (χ4v) is 2.69. The van der Waals surface area contributed by atoms with Crippen LogP contribution in [-0.2, 0) is 6.61 Å². The van der Waals surface area contributed by atoms with Crippen LogP contribution >= 0.6 is 0 Å². The highest BCUT2D eigenvalue weighted by Gasteiger charge is 2.04. The monoisotopic (exact) mass is 353 g/mol. The maximum atomic E-state index is 5.84. The second kappa shape index (κ2) is 8.15. The summed E-state index contributed by atoms with van der Waals surface area (Å²) in [6, 6.07) is 29.9. The minimum Gasteiger partial charge on any atom is -0.489 e. The summed E-state index contributed by atoms with van der Waals surface area (Å²) >= 11 is 0. The molecule has 0 fully saturated rings. The Balaban J connectivity index is 1.45. The van der Waals surface area contributed by atoms with Gasteiger partial charge >= 0.3 is 0 Å². The van der Waals surface area contributed by atoms with E-state index in [1.165, 1.54) is 0 Å². The summed E-state index contributed by atoms with van der Waals surface area (Å²) in [5.74, 6) is 1.40. The molecular weight excluding hydrogens is 334 g/mol. The van der Waals surface area contributed by atoms with E-state index >= 15 is 0 Å².